The maximum absolute atomic E-state index is 4.80. The van der Waals surface area contributed by atoms with Gasteiger partial charge in [0.1, 0.15) is 0 Å². The summed E-state index contributed by atoms with van der Waals surface area (Å²) in [4.78, 5) is 4.80. The number of aryl methyl sites for hydroxylation is 1. The molecule has 2 aromatic rings. The summed E-state index contributed by atoms with van der Waals surface area (Å²) < 4.78 is 0. The smallest absolute Gasteiger partial charge is 0.0799 e. The van der Waals surface area contributed by atoms with Crippen LogP contribution in [-0.2, 0) is 6.42 Å². The molecule has 2 rings (SSSR count). The van der Waals surface area contributed by atoms with Crippen molar-refractivity contribution in [3.05, 3.63) is 47.7 Å². The van der Waals surface area contributed by atoms with Crippen LogP contribution in [-0.4, -0.2) is 13.1 Å². The number of benzene rings is 1. The zero-order chi connectivity index (χ0) is 16.5. The summed E-state index contributed by atoms with van der Waals surface area (Å²) >= 11 is 0. The molecule has 0 aliphatic heterocycles. The van der Waals surface area contributed by atoms with Crippen LogP contribution in [0.15, 0.2) is 36.5 Å². The quantitative estimate of drug-likeness (QED) is 0.711. The number of hydrogen-bond acceptors (Lipinski definition) is 1. The third-order valence-corrected chi connectivity index (χ3v) is 6.01. The Morgan fingerprint density at radius 3 is 2.23 bits per heavy atom. The van der Waals surface area contributed by atoms with Gasteiger partial charge in [0.15, 0.2) is 0 Å². The highest BCUT2D eigenvalue weighted by Crippen LogP contribution is 2.26. The summed E-state index contributed by atoms with van der Waals surface area (Å²) in [5.74, 6) is 0. The van der Waals surface area contributed by atoms with Gasteiger partial charge in [0.05, 0.1) is 13.8 Å². The van der Waals surface area contributed by atoms with Gasteiger partial charge in [0.2, 0.25) is 0 Å². The molecule has 0 fully saturated rings. The fraction of sp³-hybridized carbons (Fsp3) is 0.450. The normalized spacial score (nSPS) is 12.5. The Kier molecular flexibility index (Phi) is 4.62. The van der Waals surface area contributed by atoms with E-state index in [1.165, 1.54) is 21.9 Å². The minimum atomic E-state index is -1.38. The van der Waals surface area contributed by atoms with Gasteiger partial charge >= 0.3 is 0 Å². The number of pyridine rings is 1. The van der Waals surface area contributed by atoms with Crippen molar-refractivity contribution in [2.24, 2.45) is 5.41 Å². The molecule has 0 saturated carbocycles. The van der Waals surface area contributed by atoms with E-state index in [4.69, 9.17) is 4.98 Å². The molecular weight excluding hydrogens is 282 g/mol. The van der Waals surface area contributed by atoms with Crippen LogP contribution in [0.2, 0.25) is 19.6 Å². The molecule has 118 valence electrons. The fourth-order valence-corrected chi connectivity index (χ4v) is 4.47. The first-order valence-corrected chi connectivity index (χ1v) is 11.6. The molecule has 1 nitrogen and oxygen atoms in total. The number of hydrogen-bond donors (Lipinski definition) is 0. The molecule has 0 radical (unpaired) electrons. The highest BCUT2D eigenvalue weighted by molar-refractivity contribution is 6.89. The maximum Gasteiger partial charge on any atom is 0.0799 e. The van der Waals surface area contributed by atoms with Crippen molar-refractivity contribution >= 4 is 13.3 Å². The van der Waals surface area contributed by atoms with Crippen LogP contribution >= 0.6 is 0 Å². The largest absolute Gasteiger partial charge is 0.256 e. The molecule has 0 unspecified atom stereocenters. The van der Waals surface area contributed by atoms with Crippen LogP contribution < -0.4 is 5.19 Å². The van der Waals surface area contributed by atoms with Gasteiger partial charge in [-0.1, -0.05) is 64.7 Å². The predicted molar refractivity (Wildman–Crippen MR) is 101 cm³/mol. The standard InChI is InChI=1S/C20H29NSi/c1-15-10-8-9-11-17(15)18-12-16(13-20(2,3)4)19(14-21-18)22(5,6)7/h8-12,14H,13H2,1-7H3. The molecule has 0 atom stereocenters. The van der Waals surface area contributed by atoms with Gasteiger partial charge in [-0.2, -0.15) is 0 Å². The Morgan fingerprint density at radius 2 is 1.68 bits per heavy atom. The van der Waals surface area contributed by atoms with E-state index in [0.29, 0.717) is 5.41 Å². The van der Waals surface area contributed by atoms with Crippen molar-refractivity contribution < 1.29 is 0 Å². The average Bonchev–Trinajstić information content (AvgIpc) is 2.35. The molecule has 0 amide bonds. The topological polar surface area (TPSA) is 12.9 Å². The number of nitrogens with zero attached hydrogens (tertiary/aromatic N) is 1. The molecule has 0 saturated heterocycles. The summed E-state index contributed by atoms with van der Waals surface area (Å²) in [5.41, 5.74) is 5.43. The Labute approximate surface area is 136 Å². The second kappa shape index (κ2) is 6.00. The molecule has 2 heteroatoms. The van der Waals surface area contributed by atoms with E-state index < -0.39 is 8.07 Å². The minimum Gasteiger partial charge on any atom is -0.256 e. The molecular formula is C20H29NSi. The first-order chi connectivity index (χ1) is 10.1. The predicted octanol–water partition coefficient (Wildman–Crippen LogP) is 5.19. The SMILES string of the molecule is Cc1ccccc1-c1cc(CC(C)(C)C)c([Si](C)(C)C)cn1. The summed E-state index contributed by atoms with van der Waals surface area (Å²) in [6.45, 7) is 16.3. The molecule has 1 heterocycles. The van der Waals surface area contributed by atoms with E-state index in [9.17, 15) is 0 Å². The molecule has 1 aromatic heterocycles. The van der Waals surface area contributed by atoms with Crippen LogP contribution in [0.1, 0.15) is 31.9 Å². The van der Waals surface area contributed by atoms with E-state index in [-0.39, 0.29) is 0 Å². The van der Waals surface area contributed by atoms with Crippen molar-refractivity contribution in [1.82, 2.24) is 4.98 Å². The molecule has 1 aromatic carbocycles. The highest BCUT2D eigenvalue weighted by atomic mass is 28.3. The van der Waals surface area contributed by atoms with Crippen molar-refractivity contribution in [1.29, 1.82) is 0 Å². The second-order valence-corrected chi connectivity index (χ2v) is 13.6. The lowest BCUT2D eigenvalue weighted by Crippen LogP contribution is -2.41. The highest BCUT2D eigenvalue weighted by Gasteiger charge is 2.24. The van der Waals surface area contributed by atoms with Crippen LogP contribution in [0.4, 0.5) is 0 Å². The molecule has 22 heavy (non-hydrogen) atoms. The Balaban J connectivity index is 2.57. The van der Waals surface area contributed by atoms with E-state index in [2.05, 4.69) is 83.9 Å². The average molecular weight is 312 g/mol. The lowest BCUT2D eigenvalue weighted by atomic mass is 9.88. The van der Waals surface area contributed by atoms with Gasteiger partial charge in [0.25, 0.3) is 0 Å². The summed E-state index contributed by atoms with van der Waals surface area (Å²) in [5, 5.41) is 1.50. The Morgan fingerprint density at radius 1 is 1.05 bits per heavy atom. The van der Waals surface area contributed by atoms with E-state index >= 15 is 0 Å². The van der Waals surface area contributed by atoms with Crippen molar-refractivity contribution in [3.8, 4) is 11.3 Å². The number of rotatable bonds is 3. The van der Waals surface area contributed by atoms with Gasteiger partial charge in [-0.3, -0.25) is 4.98 Å². The summed E-state index contributed by atoms with van der Waals surface area (Å²) in [7, 11) is -1.38. The monoisotopic (exact) mass is 311 g/mol. The second-order valence-electron chi connectivity index (χ2n) is 8.53. The minimum absolute atomic E-state index is 0.290. The zero-order valence-electron chi connectivity index (χ0n) is 15.1. The lowest BCUT2D eigenvalue weighted by molar-refractivity contribution is 0.412. The van der Waals surface area contributed by atoms with E-state index in [1.807, 2.05) is 0 Å². The first-order valence-electron chi connectivity index (χ1n) is 8.13. The van der Waals surface area contributed by atoms with Crippen LogP contribution in [0.25, 0.3) is 11.3 Å². The summed E-state index contributed by atoms with van der Waals surface area (Å²) in [6.07, 6.45) is 3.25. The zero-order valence-corrected chi connectivity index (χ0v) is 16.1. The van der Waals surface area contributed by atoms with E-state index in [0.717, 1.165) is 12.1 Å². The molecule has 0 spiro atoms. The van der Waals surface area contributed by atoms with Gasteiger partial charge in [-0.25, -0.2) is 0 Å². The molecule has 0 aliphatic rings. The Hall–Kier alpha value is -1.41. The van der Waals surface area contributed by atoms with Crippen LogP contribution in [0.3, 0.4) is 0 Å². The van der Waals surface area contributed by atoms with Crippen molar-refractivity contribution in [3.63, 3.8) is 0 Å². The van der Waals surface area contributed by atoms with Gasteiger partial charge in [-0.05, 0) is 41.1 Å². The third-order valence-electron chi connectivity index (χ3n) is 3.94. The van der Waals surface area contributed by atoms with Crippen LogP contribution in [0.5, 0.6) is 0 Å². The molecule has 0 N–H and O–H groups in total. The first kappa shape index (κ1) is 16.9. The van der Waals surface area contributed by atoms with E-state index in [1.54, 1.807) is 0 Å². The van der Waals surface area contributed by atoms with Crippen LogP contribution in [0, 0.1) is 12.3 Å². The molecule has 0 bridgehead atoms. The fourth-order valence-electron chi connectivity index (χ4n) is 2.90. The molecule has 0 aliphatic carbocycles. The number of aromatic nitrogens is 1. The van der Waals surface area contributed by atoms with Gasteiger partial charge in [0, 0.05) is 11.8 Å². The maximum atomic E-state index is 4.80. The van der Waals surface area contributed by atoms with Gasteiger partial charge in [-0.15, -0.1) is 0 Å². The van der Waals surface area contributed by atoms with Gasteiger partial charge < -0.3 is 0 Å². The summed E-state index contributed by atoms with van der Waals surface area (Å²) in [6, 6.07) is 10.9. The lowest BCUT2D eigenvalue weighted by Gasteiger charge is -2.26. The third kappa shape index (κ3) is 4.07. The van der Waals surface area contributed by atoms with Crippen molar-refractivity contribution in [2.45, 2.75) is 53.8 Å². The van der Waals surface area contributed by atoms with Crippen molar-refractivity contribution in [2.75, 3.05) is 0 Å². The Bertz CT molecular complexity index is 660.